The van der Waals surface area contributed by atoms with E-state index in [-0.39, 0.29) is 17.7 Å². The number of nitrogen functional groups attached to an aromatic ring is 2. The van der Waals surface area contributed by atoms with Crippen molar-refractivity contribution in [3.63, 3.8) is 0 Å². The summed E-state index contributed by atoms with van der Waals surface area (Å²) in [6, 6.07) is 5.58. The van der Waals surface area contributed by atoms with Crippen molar-refractivity contribution in [3.8, 4) is 0 Å². The summed E-state index contributed by atoms with van der Waals surface area (Å²) >= 11 is 0. The lowest BCUT2D eigenvalue weighted by Gasteiger charge is -2.34. The monoisotopic (exact) mass is 315 g/mol. The van der Waals surface area contributed by atoms with E-state index >= 15 is 0 Å². The topological polar surface area (TPSA) is 108 Å². The van der Waals surface area contributed by atoms with E-state index in [1.54, 1.807) is 18.2 Å². The van der Waals surface area contributed by atoms with Gasteiger partial charge in [-0.3, -0.25) is 10.2 Å². The second kappa shape index (κ2) is 6.20. The summed E-state index contributed by atoms with van der Waals surface area (Å²) in [6.45, 7) is 1.14. The van der Waals surface area contributed by atoms with E-state index in [1.807, 2.05) is 0 Å². The van der Waals surface area contributed by atoms with Gasteiger partial charge in [0.1, 0.15) is 5.71 Å². The molecule has 1 aromatic carbocycles. The zero-order chi connectivity index (χ0) is 16.6. The molecule has 124 valence electrons. The first kappa shape index (κ1) is 15.8. The van der Waals surface area contributed by atoms with Gasteiger partial charge in [0.15, 0.2) is 0 Å². The number of hydrogen-bond acceptors (Lipinski definition) is 5. The van der Waals surface area contributed by atoms with Gasteiger partial charge in [0.05, 0.1) is 0 Å². The third-order valence-corrected chi connectivity index (χ3v) is 5.22. The highest BCUT2D eigenvalue weighted by molar-refractivity contribution is 6.45. The van der Waals surface area contributed by atoms with Gasteiger partial charge in [0.2, 0.25) is 0 Å². The Labute approximate surface area is 136 Å². The minimum atomic E-state index is -0.354. The van der Waals surface area contributed by atoms with Gasteiger partial charge >= 0.3 is 0 Å². The minimum Gasteiger partial charge on any atom is -0.399 e. The van der Waals surface area contributed by atoms with E-state index in [2.05, 4.69) is 17.3 Å². The molecule has 3 unspecified atom stereocenters. The number of amides is 1. The van der Waals surface area contributed by atoms with Gasteiger partial charge in [-0.05, 0) is 63.4 Å². The Kier molecular flexibility index (Phi) is 4.26. The molecule has 1 saturated heterocycles. The Morgan fingerprint density at radius 3 is 2.83 bits per heavy atom. The Morgan fingerprint density at radius 1 is 1.35 bits per heavy atom. The molecule has 23 heavy (non-hydrogen) atoms. The van der Waals surface area contributed by atoms with Crippen LogP contribution < -0.4 is 16.8 Å². The molecule has 6 heteroatoms. The molecule has 6 N–H and O–H groups in total. The lowest BCUT2D eigenvalue weighted by molar-refractivity contribution is -0.115. The molecule has 0 radical (unpaired) electrons. The van der Waals surface area contributed by atoms with E-state index in [0.717, 1.165) is 19.4 Å². The number of rotatable bonds is 3. The molecule has 1 heterocycles. The smallest absolute Gasteiger partial charge is 0.270 e. The lowest BCUT2D eigenvalue weighted by Crippen LogP contribution is -2.41. The SMILES string of the molecule is CN1CCCC2CC(NC(=O)C(=N)c3ccc(N)cc3N)CC21. The Balaban J connectivity index is 1.64. The van der Waals surface area contributed by atoms with Crippen molar-refractivity contribution in [3.05, 3.63) is 23.8 Å². The van der Waals surface area contributed by atoms with Crippen LogP contribution in [-0.2, 0) is 4.79 Å². The first-order chi connectivity index (χ1) is 11.0. The molecule has 1 saturated carbocycles. The molecule has 3 atom stereocenters. The number of likely N-dealkylation sites (tertiary alicyclic amines) is 1. The molecule has 0 spiro atoms. The van der Waals surface area contributed by atoms with Crippen molar-refractivity contribution in [2.45, 2.75) is 37.8 Å². The van der Waals surface area contributed by atoms with Crippen LogP contribution in [0.3, 0.4) is 0 Å². The minimum absolute atomic E-state index is 0.0919. The number of nitrogens with two attached hydrogens (primary N) is 2. The molecule has 2 fully saturated rings. The molecule has 1 aliphatic heterocycles. The molecule has 1 aromatic rings. The van der Waals surface area contributed by atoms with Crippen molar-refractivity contribution >= 4 is 23.0 Å². The van der Waals surface area contributed by atoms with Crippen LogP contribution in [0, 0.1) is 11.3 Å². The fraction of sp³-hybridized carbons (Fsp3) is 0.529. The first-order valence-electron chi connectivity index (χ1n) is 8.20. The summed E-state index contributed by atoms with van der Waals surface area (Å²) in [5.74, 6) is 0.308. The van der Waals surface area contributed by atoms with Gasteiger partial charge in [-0.1, -0.05) is 0 Å². The Bertz CT molecular complexity index is 629. The maximum absolute atomic E-state index is 12.4. The summed E-state index contributed by atoms with van der Waals surface area (Å²) < 4.78 is 0. The van der Waals surface area contributed by atoms with Crippen molar-refractivity contribution < 1.29 is 4.79 Å². The van der Waals surface area contributed by atoms with Crippen molar-refractivity contribution in [1.82, 2.24) is 10.2 Å². The second-order valence-corrected chi connectivity index (χ2v) is 6.81. The van der Waals surface area contributed by atoms with Crippen LogP contribution in [0.4, 0.5) is 11.4 Å². The number of benzene rings is 1. The average molecular weight is 315 g/mol. The number of carbonyl (C=O) groups excluding carboxylic acids is 1. The summed E-state index contributed by atoms with van der Waals surface area (Å²) in [7, 11) is 2.16. The molecule has 1 aliphatic carbocycles. The van der Waals surface area contributed by atoms with E-state index in [1.165, 1.54) is 12.8 Å². The molecule has 6 nitrogen and oxygen atoms in total. The number of nitrogens with zero attached hydrogens (tertiary/aromatic N) is 1. The average Bonchev–Trinajstić information content (AvgIpc) is 2.90. The van der Waals surface area contributed by atoms with Crippen molar-refractivity contribution in [1.29, 1.82) is 5.41 Å². The number of carbonyl (C=O) groups is 1. The number of piperidine rings is 1. The van der Waals surface area contributed by atoms with Gasteiger partial charge in [-0.2, -0.15) is 0 Å². The van der Waals surface area contributed by atoms with E-state index in [9.17, 15) is 4.79 Å². The van der Waals surface area contributed by atoms with Crippen LogP contribution in [0.25, 0.3) is 0 Å². The molecule has 0 bridgehead atoms. The van der Waals surface area contributed by atoms with Crippen molar-refractivity contribution in [2.75, 3.05) is 25.1 Å². The summed E-state index contributed by atoms with van der Waals surface area (Å²) in [4.78, 5) is 14.8. The fourth-order valence-electron chi connectivity index (χ4n) is 4.03. The van der Waals surface area contributed by atoms with Crippen LogP contribution in [0.15, 0.2) is 18.2 Å². The highest BCUT2D eigenvalue weighted by Crippen LogP contribution is 2.36. The van der Waals surface area contributed by atoms with Gasteiger partial charge in [-0.15, -0.1) is 0 Å². The van der Waals surface area contributed by atoms with E-state index in [4.69, 9.17) is 16.9 Å². The molecule has 1 amide bonds. The maximum atomic E-state index is 12.4. The van der Waals surface area contributed by atoms with E-state index in [0.29, 0.717) is 28.9 Å². The number of anilines is 2. The lowest BCUT2D eigenvalue weighted by atomic mass is 9.92. The predicted molar refractivity (Wildman–Crippen MR) is 92.4 cm³/mol. The zero-order valence-corrected chi connectivity index (χ0v) is 13.5. The fourth-order valence-corrected chi connectivity index (χ4v) is 4.03. The number of fused-ring (bicyclic) bond motifs is 1. The quantitative estimate of drug-likeness (QED) is 0.496. The molecule has 2 aliphatic rings. The standard InChI is InChI=1S/C17H25N5O/c1-22-6-2-3-10-7-12(9-15(10)22)21-17(23)16(20)13-5-4-11(18)8-14(13)19/h4-5,8,10,12,15,20H,2-3,6-7,9,18-19H2,1H3,(H,21,23). The van der Waals surface area contributed by atoms with Crippen LogP contribution in [-0.4, -0.2) is 42.2 Å². The summed E-state index contributed by atoms with van der Waals surface area (Å²) in [6.07, 6.45) is 4.45. The zero-order valence-electron chi connectivity index (χ0n) is 13.5. The second-order valence-electron chi connectivity index (χ2n) is 6.81. The molecule has 3 rings (SSSR count). The Hall–Kier alpha value is -2.08. The van der Waals surface area contributed by atoms with Crippen LogP contribution in [0.2, 0.25) is 0 Å². The molecule has 0 aromatic heterocycles. The van der Waals surface area contributed by atoms with Crippen LogP contribution in [0.1, 0.15) is 31.2 Å². The van der Waals surface area contributed by atoms with E-state index < -0.39 is 0 Å². The van der Waals surface area contributed by atoms with Crippen molar-refractivity contribution in [2.24, 2.45) is 5.92 Å². The first-order valence-corrected chi connectivity index (χ1v) is 8.20. The number of hydrogen-bond donors (Lipinski definition) is 4. The van der Waals surface area contributed by atoms with Gasteiger partial charge in [0.25, 0.3) is 5.91 Å². The predicted octanol–water partition coefficient (Wildman–Crippen LogP) is 1.21. The largest absolute Gasteiger partial charge is 0.399 e. The maximum Gasteiger partial charge on any atom is 0.270 e. The highest BCUT2D eigenvalue weighted by Gasteiger charge is 2.39. The highest BCUT2D eigenvalue weighted by atomic mass is 16.1. The normalized spacial score (nSPS) is 27.4. The molecular formula is C17H25N5O. The number of nitrogens with one attached hydrogen (secondary N) is 2. The van der Waals surface area contributed by atoms with Gasteiger partial charge < -0.3 is 21.7 Å². The third kappa shape index (κ3) is 3.17. The van der Waals surface area contributed by atoms with Gasteiger partial charge in [-0.25, -0.2) is 0 Å². The molecular weight excluding hydrogens is 290 g/mol. The third-order valence-electron chi connectivity index (χ3n) is 5.22. The van der Waals surface area contributed by atoms with Gasteiger partial charge in [0, 0.05) is 29.0 Å². The summed E-state index contributed by atoms with van der Waals surface area (Å²) in [5.41, 5.74) is 12.8. The van der Waals surface area contributed by atoms with Crippen LogP contribution >= 0.6 is 0 Å². The Morgan fingerprint density at radius 2 is 2.13 bits per heavy atom. The summed E-state index contributed by atoms with van der Waals surface area (Å²) in [5, 5.41) is 11.1. The van der Waals surface area contributed by atoms with Crippen LogP contribution in [0.5, 0.6) is 0 Å².